The Balaban J connectivity index is 5.40. The Morgan fingerprint density at radius 3 is 2.06 bits per heavy atom. The number of carbonyl (C=O) groups excluding carboxylic acids is 2. The predicted octanol–water partition coefficient (Wildman–Crippen LogP) is 1.51. The Hall–Kier alpha value is -1.90. The Kier molecular flexibility index (Phi) is 5.89. The zero-order valence-corrected chi connectivity index (χ0v) is 9.46. The topological polar surface area (TPSA) is 52.6 Å². The molecule has 0 aromatic rings. The summed E-state index contributed by atoms with van der Waals surface area (Å²) in [5, 5.41) is 0. The molecule has 0 unspecified atom stereocenters. The predicted molar refractivity (Wildman–Crippen MR) is 54.8 cm³/mol. The Bertz CT molecular complexity index is 348. The van der Waals surface area contributed by atoms with Crippen LogP contribution in [0.1, 0.15) is 12.8 Å². The third-order valence-corrected chi connectivity index (χ3v) is 2.16. The Morgan fingerprint density at radius 1 is 1.29 bits per heavy atom. The molecular weight excluding hydrogens is 234 g/mol. The van der Waals surface area contributed by atoms with E-state index in [1.54, 1.807) is 0 Å². The molecule has 0 spiro atoms. The second-order valence-electron chi connectivity index (χ2n) is 3.14. The van der Waals surface area contributed by atoms with Gasteiger partial charge in [0.1, 0.15) is 0 Å². The van der Waals surface area contributed by atoms with E-state index in [0.29, 0.717) is 6.08 Å². The maximum absolute atomic E-state index is 12.0. The van der Waals surface area contributed by atoms with Crippen molar-refractivity contribution in [2.75, 3.05) is 14.2 Å². The lowest BCUT2D eigenvalue weighted by atomic mass is 9.81. The van der Waals surface area contributed by atoms with Crippen LogP contribution in [-0.2, 0) is 19.1 Å². The molecule has 6 heteroatoms. The molecule has 94 valence electrons. The summed E-state index contributed by atoms with van der Waals surface area (Å²) in [6.45, 7) is 0. The summed E-state index contributed by atoms with van der Waals surface area (Å²) in [7, 11) is 2.07. The minimum Gasteiger partial charge on any atom is -0.468 e. The van der Waals surface area contributed by atoms with Gasteiger partial charge < -0.3 is 9.47 Å². The van der Waals surface area contributed by atoms with Gasteiger partial charge in [0.05, 0.1) is 14.2 Å². The molecule has 0 aliphatic carbocycles. The molecule has 0 N–H and O–H groups in total. The van der Waals surface area contributed by atoms with Crippen LogP contribution in [0.4, 0.5) is 8.78 Å². The van der Waals surface area contributed by atoms with E-state index in [1.807, 2.05) is 0 Å². The van der Waals surface area contributed by atoms with Crippen LogP contribution < -0.4 is 0 Å². The average molecular weight is 246 g/mol. The van der Waals surface area contributed by atoms with Gasteiger partial charge in [0.25, 0.3) is 6.08 Å². The van der Waals surface area contributed by atoms with Crippen LogP contribution >= 0.6 is 0 Å². The summed E-state index contributed by atoms with van der Waals surface area (Å²) < 4.78 is 32.9. The number of methoxy groups -OCH3 is 2. The fourth-order valence-corrected chi connectivity index (χ4v) is 1.28. The van der Waals surface area contributed by atoms with Gasteiger partial charge >= 0.3 is 11.9 Å². The number of carbonyl (C=O) groups is 2. The van der Waals surface area contributed by atoms with Crippen molar-refractivity contribution in [2.45, 2.75) is 12.8 Å². The number of ether oxygens (including phenoxy) is 2. The van der Waals surface area contributed by atoms with Crippen molar-refractivity contribution in [1.82, 2.24) is 0 Å². The molecule has 0 bridgehead atoms. The maximum Gasteiger partial charge on any atom is 0.324 e. The standard InChI is InChI=1S/C11H12F2O4/c1-4-6-11(9(14)16-2,10(15)17-3)7-5-8(12)13/h1,5H,6-7H2,2-3H3. The highest BCUT2D eigenvalue weighted by Crippen LogP contribution is 2.31. The van der Waals surface area contributed by atoms with E-state index >= 15 is 0 Å². The van der Waals surface area contributed by atoms with Crippen molar-refractivity contribution >= 4 is 11.9 Å². The normalized spacial score (nSPS) is 10.1. The number of allylic oxidation sites excluding steroid dienone is 1. The minimum absolute atomic E-state index is 0.379. The van der Waals surface area contributed by atoms with Gasteiger partial charge in [0.15, 0.2) is 5.41 Å². The second kappa shape index (κ2) is 6.63. The zero-order valence-electron chi connectivity index (χ0n) is 9.46. The lowest BCUT2D eigenvalue weighted by molar-refractivity contribution is -0.168. The largest absolute Gasteiger partial charge is 0.468 e. The molecule has 0 aliphatic heterocycles. The molecule has 0 amide bonds. The SMILES string of the molecule is C#CCC(CC=C(F)F)(C(=O)OC)C(=O)OC. The maximum atomic E-state index is 12.0. The average Bonchev–Trinajstić information content (AvgIpc) is 2.32. The van der Waals surface area contributed by atoms with E-state index < -0.39 is 29.9 Å². The monoisotopic (exact) mass is 246 g/mol. The van der Waals surface area contributed by atoms with Crippen LogP contribution in [0, 0.1) is 17.8 Å². The Morgan fingerprint density at radius 2 is 1.76 bits per heavy atom. The highest BCUT2D eigenvalue weighted by molar-refractivity contribution is 6.00. The molecule has 0 radical (unpaired) electrons. The molecule has 4 nitrogen and oxygen atoms in total. The molecule has 0 aromatic carbocycles. The molecule has 0 saturated carbocycles. The third-order valence-electron chi connectivity index (χ3n) is 2.16. The van der Waals surface area contributed by atoms with E-state index in [1.165, 1.54) is 0 Å². The van der Waals surface area contributed by atoms with E-state index in [4.69, 9.17) is 6.42 Å². The molecule has 0 fully saturated rings. The summed E-state index contributed by atoms with van der Waals surface area (Å²) >= 11 is 0. The van der Waals surface area contributed by atoms with Crippen LogP contribution in [0.3, 0.4) is 0 Å². The van der Waals surface area contributed by atoms with E-state index in [0.717, 1.165) is 14.2 Å². The number of hydrogen-bond acceptors (Lipinski definition) is 4. The van der Waals surface area contributed by atoms with Gasteiger partial charge in [0.2, 0.25) is 0 Å². The first-order valence-electron chi connectivity index (χ1n) is 4.56. The second-order valence-corrected chi connectivity index (χ2v) is 3.14. The van der Waals surface area contributed by atoms with Gasteiger partial charge in [-0.3, -0.25) is 9.59 Å². The van der Waals surface area contributed by atoms with Crippen LogP contribution in [0.5, 0.6) is 0 Å². The molecule has 0 saturated heterocycles. The molecule has 0 aromatic heterocycles. The first-order valence-corrected chi connectivity index (χ1v) is 4.56. The van der Waals surface area contributed by atoms with Gasteiger partial charge in [-0.25, -0.2) is 0 Å². The molecule has 0 atom stereocenters. The summed E-state index contributed by atoms with van der Waals surface area (Å²) in [5.41, 5.74) is -1.92. The zero-order chi connectivity index (χ0) is 13.5. The number of terminal acetylenes is 1. The van der Waals surface area contributed by atoms with Gasteiger partial charge in [-0.05, 0) is 12.5 Å². The first kappa shape index (κ1) is 15.1. The minimum atomic E-state index is -2.01. The van der Waals surface area contributed by atoms with E-state index in [9.17, 15) is 18.4 Å². The number of rotatable bonds is 5. The number of esters is 2. The lowest BCUT2D eigenvalue weighted by Gasteiger charge is -2.24. The smallest absolute Gasteiger partial charge is 0.324 e. The summed E-state index contributed by atoms with van der Waals surface area (Å²) in [6, 6.07) is 0. The van der Waals surface area contributed by atoms with Crippen molar-refractivity contribution in [3.05, 3.63) is 12.2 Å². The Labute approximate surface area is 97.6 Å². The lowest BCUT2D eigenvalue weighted by Crippen LogP contribution is -2.40. The molecular formula is C11H12F2O4. The van der Waals surface area contributed by atoms with Crippen LogP contribution in [0.2, 0.25) is 0 Å². The van der Waals surface area contributed by atoms with E-state index in [2.05, 4.69) is 15.4 Å². The van der Waals surface area contributed by atoms with Crippen molar-refractivity contribution < 1.29 is 27.8 Å². The van der Waals surface area contributed by atoms with Crippen LogP contribution in [0.15, 0.2) is 12.2 Å². The fraction of sp³-hybridized carbons (Fsp3) is 0.455. The van der Waals surface area contributed by atoms with Crippen LogP contribution in [-0.4, -0.2) is 26.2 Å². The summed E-state index contributed by atoms with van der Waals surface area (Å²) in [6.07, 6.45) is 2.50. The summed E-state index contributed by atoms with van der Waals surface area (Å²) in [4.78, 5) is 23.1. The molecule has 17 heavy (non-hydrogen) atoms. The van der Waals surface area contributed by atoms with Gasteiger partial charge in [-0.15, -0.1) is 12.3 Å². The van der Waals surface area contributed by atoms with Gasteiger partial charge in [-0.2, -0.15) is 8.78 Å². The van der Waals surface area contributed by atoms with Crippen molar-refractivity contribution in [2.24, 2.45) is 5.41 Å². The first-order chi connectivity index (χ1) is 7.94. The summed E-state index contributed by atoms with van der Waals surface area (Å²) in [5.74, 6) is 0.0866. The number of hydrogen-bond donors (Lipinski definition) is 0. The number of halogens is 2. The van der Waals surface area contributed by atoms with Crippen molar-refractivity contribution in [3.8, 4) is 12.3 Å². The molecule has 0 heterocycles. The van der Waals surface area contributed by atoms with Crippen LogP contribution in [0.25, 0.3) is 0 Å². The molecule has 0 aliphatic rings. The molecule has 0 rings (SSSR count). The quantitative estimate of drug-likeness (QED) is 0.419. The van der Waals surface area contributed by atoms with Gasteiger partial charge in [-0.1, -0.05) is 0 Å². The fourth-order valence-electron chi connectivity index (χ4n) is 1.28. The third kappa shape index (κ3) is 3.55. The highest BCUT2D eigenvalue weighted by atomic mass is 19.3. The van der Waals surface area contributed by atoms with E-state index in [-0.39, 0.29) is 6.42 Å². The van der Waals surface area contributed by atoms with Gasteiger partial charge in [0, 0.05) is 6.42 Å². The van der Waals surface area contributed by atoms with Crippen molar-refractivity contribution in [3.63, 3.8) is 0 Å². The van der Waals surface area contributed by atoms with Crippen molar-refractivity contribution in [1.29, 1.82) is 0 Å². The highest BCUT2D eigenvalue weighted by Gasteiger charge is 2.47.